The van der Waals surface area contributed by atoms with Gasteiger partial charge in [0.2, 0.25) is 0 Å². The normalized spacial score (nSPS) is 15.1. The number of urea groups is 1. The number of hydrogen-bond donors (Lipinski definition) is 2. The number of amides is 2. The van der Waals surface area contributed by atoms with Gasteiger partial charge in [0.15, 0.2) is 6.29 Å². The number of ether oxygens (including phenoxy) is 2. The molecule has 1 aliphatic heterocycles. The summed E-state index contributed by atoms with van der Waals surface area (Å²) in [7, 11) is 0. The molecule has 0 aliphatic carbocycles. The number of rotatable bonds is 4. The molecule has 118 valence electrons. The van der Waals surface area contributed by atoms with Gasteiger partial charge in [-0.1, -0.05) is 48.5 Å². The van der Waals surface area contributed by atoms with Crippen LogP contribution in [0.15, 0.2) is 53.6 Å². The predicted octanol–water partition coefficient (Wildman–Crippen LogP) is 2.40. The van der Waals surface area contributed by atoms with E-state index in [1.807, 2.05) is 48.5 Å². The lowest BCUT2D eigenvalue weighted by Crippen LogP contribution is -2.24. The number of carbonyl (C=O) groups is 1. The van der Waals surface area contributed by atoms with Gasteiger partial charge in [0.25, 0.3) is 0 Å². The summed E-state index contributed by atoms with van der Waals surface area (Å²) in [6.45, 7) is 1.22. The maximum Gasteiger partial charge on any atom is 0.332 e. The van der Waals surface area contributed by atoms with E-state index in [1.165, 1.54) is 6.21 Å². The Labute approximate surface area is 133 Å². The van der Waals surface area contributed by atoms with Crippen LogP contribution in [-0.2, 0) is 9.47 Å². The second-order valence-corrected chi connectivity index (χ2v) is 5.02. The summed E-state index contributed by atoms with van der Waals surface area (Å²) in [6.07, 6.45) is 1.22. The van der Waals surface area contributed by atoms with Crippen LogP contribution in [0.25, 0.3) is 11.1 Å². The molecule has 6 heteroatoms. The molecule has 0 spiro atoms. The van der Waals surface area contributed by atoms with E-state index in [2.05, 4.69) is 10.5 Å². The number of nitrogens with two attached hydrogens (primary N) is 1. The summed E-state index contributed by atoms with van der Waals surface area (Å²) in [5.74, 6) is 0. The number of nitrogens with zero attached hydrogens (tertiary/aromatic N) is 1. The van der Waals surface area contributed by atoms with E-state index >= 15 is 0 Å². The first-order valence-corrected chi connectivity index (χ1v) is 7.25. The second-order valence-electron chi connectivity index (χ2n) is 5.02. The van der Waals surface area contributed by atoms with Gasteiger partial charge in [-0.3, -0.25) is 0 Å². The fourth-order valence-corrected chi connectivity index (χ4v) is 2.42. The first-order valence-electron chi connectivity index (χ1n) is 7.25. The highest BCUT2D eigenvalue weighted by Gasteiger charge is 2.21. The van der Waals surface area contributed by atoms with E-state index in [0.717, 1.165) is 22.3 Å². The SMILES string of the molecule is NC(=O)NN=Cc1ccc(-c2ccccc2C2OCCO2)cc1. The van der Waals surface area contributed by atoms with E-state index in [1.54, 1.807) is 0 Å². The maximum atomic E-state index is 10.6. The Morgan fingerprint density at radius 3 is 2.52 bits per heavy atom. The highest BCUT2D eigenvalue weighted by molar-refractivity contribution is 5.82. The molecule has 0 bridgehead atoms. The molecule has 1 aliphatic rings. The number of benzene rings is 2. The van der Waals surface area contributed by atoms with Crippen LogP contribution >= 0.6 is 0 Å². The predicted molar refractivity (Wildman–Crippen MR) is 86.8 cm³/mol. The van der Waals surface area contributed by atoms with Crippen molar-refractivity contribution in [2.24, 2.45) is 10.8 Å². The first-order chi connectivity index (χ1) is 11.2. The van der Waals surface area contributed by atoms with Gasteiger partial charge in [-0.05, 0) is 16.7 Å². The molecule has 3 rings (SSSR count). The molecular formula is C17H17N3O3. The molecule has 1 saturated heterocycles. The maximum absolute atomic E-state index is 10.6. The highest BCUT2D eigenvalue weighted by atomic mass is 16.7. The van der Waals surface area contributed by atoms with Gasteiger partial charge in [-0.25, -0.2) is 10.2 Å². The van der Waals surface area contributed by atoms with Gasteiger partial charge in [0.05, 0.1) is 19.4 Å². The summed E-state index contributed by atoms with van der Waals surface area (Å²) >= 11 is 0. The van der Waals surface area contributed by atoms with Crippen LogP contribution in [0.3, 0.4) is 0 Å². The third-order valence-electron chi connectivity index (χ3n) is 3.45. The Bertz CT molecular complexity index is 707. The summed E-state index contributed by atoms with van der Waals surface area (Å²) in [6, 6.07) is 15.1. The minimum absolute atomic E-state index is 0.313. The Hall–Kier alpha value is -2.70. The molecule has 0 saturated carbocycles. The van der Waals surface area contributed by atoms with E-state index in [0.29, 0.717) is 13.2 Å². The van der Waals surface area contributed by atoms with Crippen molar-refractivity contribution >= 4 is 12.2 Å². The number of nitrogens with one attached hydrogen (secondary N) is 1. The van der Waals surface area contributed by atoms with Gasteiger partial charge in [0.1, 0.15) is 0 Å². The fraction of sp³-hybridized carbons (Fsp3) is 0.176. The molecule has 23 heavy (non-hydrogen) atoms. The number of carbonyl (C=O) groups excluding carboxylic acids is 1. The van der Waals surface area contributed by atoms with Crippen molar-refractivity contribution in [1.29, 1.82) is 0 Å². The van der Waals surface area contributed by atoms with Crippen LogP contribution in [0, 0.1) is 0 Å². The van der Waals surface area contributed by atoms with E-state index in [4.69, 9.17) is 15.2 Å². The molecule has 2 aromatic rings. The molecule has 2 aromatic carbocycles. The number of primary amides is 1. The van der Waals surface area contributed by atoms with Crippen molar-refractivity contribution in [2.45, 2.75) is 6.29 Å². The quantitative estimate of drug-likeness (QED) is 0.671. The van der Waals surface area contributed by atoms with Crippen molar-refractivity contribution in [3.05, 3.63) is 59.7 Å². The lowest BCUT2D eigenvalue weighted by molar-refractivity contribution is -0.0436. The van der Waals surface area contributed by atoms with E-state index in [-0.39, 0.29) is 6.29 Å². The number of hydrazone groups is 1. The van der Waals surface area contributed by atoms with Crippen molar-refractivity contribution in [3.8, 4) is 11.1 Å². The van der Waals surface area contributed by atoms with Crippen LogP contribution in [-0.4, -0.2) is 25.5 Å². The van der Waals surface area contributed by atoms with Crippen LogP contribution in [0.4, 0.5) is 4.79 Å². The Balaban J connectivity index is 1.82. The van der Waals surface area contributed by atoms with Crippen LogP contribution < -0.4 is 11.2 Å². The largest absolute Gasteiger partial charge is 0.350 e. The van der Waals surface area contributed by atoms with Gasteiger partial charge >= 0.3 is 6.03 Å². The van der Waals surface area contributed by atoms with Gasteiger partial charge in [-0.15, -0.1) is 0 Å². The molecule has 1 heterocycles. The lowest BCUT2D eigenvalue weighted by Gasteiger charge is -2.14. The molecule has 0 atom stereocenters. The van der Waals surface area contributed by atoms with Gasteiger partial charge < -0.3 is 15.2 Å². The Morgan fingerprint density at radius 1 is 1.13 bits per heavy atom. The molecule has 0 radical (unpaired) electrons. The second kappa shape index (κ2) is 7.04. The average molecular weight is 311 g/mol. The van der Waals surface area contributed by atoms with Crippen molar-refractivity contribution in [1.82, 2.24) is 5.43 Å². The zero-order valence-corrected chi connectivity index (χ0v) is 12.4. The monoisotopic (exact) mass is 311 g/mol. The smallest absolute Gasteiger partial charge is 0.332 e. The van der Waals surface area contributed by atoms with Crippen LogP contribution in [0.2, 0.25) is 0 Å². The molecule has 0 unspecified atom stereocenters. The third-order valence-corrected chi connectivity index (χ3v) is 3.45. The number of hydrogen-bond acceptors (Lipinski definition) is 4. The molecule has 1 fully saturated rings. The van der Waals surface area contributed by atoms with Crippen LogP contribution in [0.5, 0.6) is 0 Å². The zero-order chi connectivity index (χ0) is 16.1. The topological polar surface area (TPSA) is 85.9 Å². The summed E-state index contributed by atoms with van der Waals surface area (Å²) < 4.78 is 11.2. The summed E-state index contributed by atoms with van der Waals surface area (Å²) in [5.41, 5.74) is 11.1. The highest BCUT2D eigenvalue weighted by Crippen LogP contribution is 2.32. The minimum Gasteiger partial charge on any atom is -0.350 e. The molecular weight excluding hydrogens is 294 g/mol. The molecule has 3 N–H and O–H groups in total. The summed E-state index contributed by atoms with van der Waals surface area (Å²) in [4.78, 5) is 10.6. The van der Waals surface area contributed by atoms with E-state index < -0.39 is 6.03 Å². The zero-order valence-electron chi connectivity index (χ0n) is 12.4. The van der Waals surface area contributed by atoms with Crippen molar-refractivity contribution in [2.75, 3.05) is 13.2 Å². The van der Waals surface area contributed by atoms with Crippen LogP contribution in [0.1, 0.15) is 17.4 Å². The lowest BCUT2D eigenvalue weighted by atomic mass is 9.98. The average Bonchev–Trinajstić information content (AvgIpc) is 3.10. The van der Waals surface area contributed by atoms with E-state index in [9.17, 15) is 4.79 Å². The minimum atomic E-state index is -0.691. The standard InChI is InChI=1S/C17H17N3O3/c18-17(21)20-19-11-12-5-7-13(8-6-12)14-3-1-2-4-15(14)16-22-9-10-23-16/h1-8,11,16H,9-10H2,(H3,18,20,21). The van der Waals surface area contributed by atoms with Crippen molar-refractivity contribution < 1.29 is 14.3 Å². The fourth-order valence-electron chi connectivity index (χ4n) is 2.42. The first kappa shape index (κ1) is 15.2. The Kier molecular flexibility index (Phi) is 4.65. The Morgan fingerprint density at radius 2 is 1.83 bits per heavy atom. The molecule has 2 amide bonds. The summed E-state index contributed by atoms with van der Waals surface area (Å²) in [5, 5.41) is 3.73. The van der Waals surface area contributed by atoms with Gasteiger partial charge in [0, 0.05) is 5.56 Å². The molecule has 0 aromatic heterocycles. The molecule has 6 nitrogen and oxygen atoms in total. The van der Waals surface area contributed by atoms with Gasteiger partial charge in [-0.2, -0.15) is 5.10 Å². The van der Waals surface area contributed by atoms with Crippen molar-refractivity contribution in [3.63, 3.8) is 0 Å². The third kappa shape index (κ3) is 3.74.